The number of hydrogen-bond donors (Lipinski definition) is 1. The van der Waals surface area contributed by atoms with Gasteiger partial charge in [0.1, 0.15) is 0 Å². The summed E-state index contributed by atoms with van der Waals surface area (Å²) in [5, 5.41) is 14.8. The molecule has 8 heteroatoms. The van der Waals surface area contributed by atoms with Gasteiger partial charge in [0.25, 0.3) is 10.0 Å². The van der Waals surface area contributed by atoms with Crippen LogP contribution in [0.15, 0.2) is 59.8 Å². The van der Waals surface area contributed by atoms with E-state index >= 15 is 0 Å². The highest BCUT2D eigenvalue weighted by Crippen LogP contribution is 2.43. The molecule has 3 heterocycles. The van der Waals surface area contributed by atoms with Crippen LogP contribution in [-0.4, -0.2) is 70.8 Å². The molecule has 198 valence electrons. The van der Waals surface area contributed by atoms with Gasteiger partial charge in [-0.25, -0.2) is 8.42 Å². The minimum atomic E-state index is -3.69. The molecule has 3 aromatic rings. The molecule has 2 aliphatic heterocycles. The van der Waals surface area contributed by atoms with Crippen molar-refractivity contribution in [3.8, 4) is 11.1 Å². The third kappa shape index (κ3) is 4.65. The van der Waals surface area contributed by atoms with Crippen molar-refractivity contribution in [3.05, 3.63) is 71.4 Å². The molecule has 7 nitrogen and oxygen atoms in total. The minimum Gasteiger partial charge on any atom is -0.395 e. The lowest BCUT2D eigenvalue weighted by Crippen LogP contribution is -2.67. The number of aryl methyl sites for hydroxylation is 1. The highest BCUT2D eigenvalue weighted by molar-refractivity contribution is 7.89. The van der Waals surface area contributed by atoms with Gasteiger partial charge in [-0.15, -0.1) is 0 Å². The summed E-state index contributed by atoms with van der Waals surface area (Å²) in [6.45, 7) is 10.0. The van der Waals surface area contributed by atoms with Crippen molar-refractivity contribution in [2.45, 2.75) is 69.6 Å². The normalized spacial score (nSPS) is 23.4. The summed E-state index contributed by atoms with van der Waals surface area (Å²) < 4.78 is 30.8. The number of benzene rings is 2. The second-order valence-corrected chi connectivity index (χ2v) is 12.6. The van der Waals surface area contributed by atoms with E-state index in [-0.39, 0.29) is 35.7 Å². The SMILES string of the molecule is Cc1cccc(-c2ccc([C@@H]3[C@@H](CO)N4CCCCN(S(=O)(=O)c5ccnn5C(C)C)C[C@@H]34)cc2)c1C. The Morgan fingerprint density at radius 2 is 1.76 bits per heavy atom. The Morgan fingerprint density at radius 1 is 1.03 bits per heavy atom. The van der Waals surface area contributed by atoms with E-state index in [9.17, 15) is 13.5 Å². The molecule has 37 heavy (non-hydrogen) atoms. The fourth-order valence-electron chi connectivity index (χ4n) is 6.10. The van der Waals surface area contributed by atoms with E-state index < -0.39 is 10.0 Å². The van der Waals surface area contributed by atoms with Crippen molar-refractivity contribution in [3.63, 3.8) is 0 Å². The third-order valence-corrected chi connectivity index (χ3v) is 10.1. The number of fused-ring (bicyclic) bond motifs is 1. The largest absolute Gasteiger partial charge is 0.395 e. The van der Waals surface area contributed by atoms with Crippen LogP contribution < -0.4 is 0 Å². The number of aliphatic hydroxyl groups is 1. The molecular weight excluding hydrogens is 484 g/mol. The Labute approximate surface area is 220 Å². The van der Waals surface area contributed by atoms with E-state index in [1.54, 1.807) is 21.3 Å². The Hall–Kier alpha value is -2.52. The first kappa shape index (κ1) is 26.1. The van der Waals surface area contributed by atoms with E-state index in [4.69, 9.17) is 0 Å². The molecule has 2 fully saturated rings. The quantitative estimate of drug-likeness (QED) is 0.520. The van der Waals surface area contributed by atoms with Crippen LogP contribution in [0.2, 0.25) is 0 Å². The van der Waals surface area contributed by atoms with E-state index in [0.717, 1.165) is 24.9 Å². The predicted molar refractivity (Wildman–Crippen MR) is 146 cm³/mol. The minimum absolute atomic E-state index is 0.000372. The number of aromatic nitrogens is 2. The molecule has 5 rings (SSSR count). The van der Waals surface area contributed by atoms with Gasteiger partial charge in [0.2, 0.25) is 0 Å². The van der Waals surface area contributed by atoms with Crippen molar-refractivity contribution in [1.82, 2.24) is 19.0 Å². The van der Waals surface area contributed by atoms with Crippen molar-refractivity contribution < 1.29 is 13.5 Å². The molecule has 1 N–H and O–H groups in total. The van der Waals surface area contributed by atoms with Crippen molar-refractivity contribution in [2.75, 3.05) is 26.2 Å². The van der Waals surface area contributed by atoms with Crippen molar-refractivity contribution in [2.24, 2.45) is 0 Å². The lowest BCUT2D eigenvalue weighted by Gasteiger charge is -2.57. The van der Waals surface area contributed by atoms with Crippen LogP contribution in [0.3, 0.4) is 0 Å². The Balaban J connectivity index is 1.44. The highest BCUT2D eigenvalue weighted by atomic mass is 32.2. The van der Waals surface area contributed by atoms with Gasteiger partial charge in [0.15, 0.2) is 5.03 Å². The zero-order chi connectivity index (χ0) is 26.3. The van der Waals surface area contributed by atoms with Gasteiger partial charge in [0, 0.05) is 37.1 Å². The summed E-state index contributed by atoms with van der Waals surface area (Å²) in [6.07, 6.45) is 3.26. The van der Waals surface area contributed by atoms with Gasteiger partial charge in [-0.05, 0) is 81.0 Å². The maximum atomic E-state index is 13.8. The Morgan fingerprint density at radius 3 is 2.46 bits per heavy atom. The maximum Gasteiger partial charge on any atom is 0.260 e. The fourth-order valence-corrected chi connectivity index (χ4v) is 7.81. The fraction of sp³-hybridized carbons (Fsp3) is 0.483. The predicted octanol–water partition coefficient (Wildman–Crippen LogP) is 4.36. The van der Waals surface area contributed by atoms with Gasteiger partial charge in [-0.2, -0.15) is 9.40 Å². The topological polar surface area (TPSA) is 78.7 Å². The molecule has 0 aliphatic carbocycles. The average molecular weight is 523 g/mol. The van der Waals surface area contributed by atoms with E-state index in [1.165, 1.54) is 22.3 Å². The van der Waals surface area contributed by atoms with Crippen LogP contribution in [-0.2, 0) is 10.0 Å². The first-order valence-corrected chi connectivity index (χ1v) is 14.7. The van der Waals surface area contributed by atoms with Gasteiger partial charge in [-0.3, -0.25) is 9.58 Å². The third-order valence-electron chi connectivity index (χ3n) is 8.27. The summed E-state index contributed by atoms with van der Waals surface area (Å²) in [5.74, 6) is 0.0727. The van der Waals surface area contributed by atoms with Gasteiger partial charge >= 0.3 is 0 Å². The van der Waals surface area contributed by atoms with Crippen LogP contribution in [0, 0.1) is 13.8 Å². The van der Waals surface area contributed by atoms with Crippen molar-refractivity contribution >= 4 is 10.0 Å². The molecule has 0 unspecified atom stereocenters. The summed E-state index contributed by atoms with van der Waals surface area (Å²) in [4.78, 5) is 2.31. The summed E-state index contributed by atoms with van der Waals surface area (Å²) in [5.41, 5.74) is 6.10. The number of hydrogen-bond acceptors (Lipinski definition) is 5. The molecule has 1 aromatic heterocycles. The van der Waals surface area contributed by atoms with E-state index in [0.29, 0.717) is 13.1 Å². The second kappa shape index (κ2) is 10.3. The molecule has 0 bridgehead atoms. The van der Waals surface area contributed by atoms with Crippen LogP contribution in [0.5, 0.6) is 0 Å². The zero-order valence-electron chi connectivity index (χ0n) is 22.2. The highest BCUT2D eigenvalue weighted by Gasteiger charge is 2.50. The summed E-state index contributed by atoms with van der Waals surface area (Å²) in [7, 11) is -3.69. The molecule has 2 saturated heterocycles. The molecule has 0 amide bonds. The van der Waals surface area contributed by atoms with Crippen LogP contribution in [0.25, 0.3) is 11.1 Å². The smallest absolute Gasteiger partial charge is 0.260 e. The standard InChI is InChI=1S/C29H38N4O3S/c1-20(2)33-28(14-15-30-33)37(35,36)31-16-5-6-17-32-26(18-31)29(27(32)19-34)24-12-10-23(11-13-24)25-9-7-8-21(3)22(25)4/h7-15,20,26-27,29,34H,5-6,16-19H2,1-4H3/t26-,27+,29-/m0/s1. The molecule has 2 aromatic carbocycles. The summed E-state index contributed by atoms with van der Waals surface area (Å²) in [6, 6.07) is 16.6. The first-order valence-electron chi connectivity index (χ1n) is 13.3. The average Bonchev–Trinajstić information content (AvgIpc) is 3.37. The zero-order valence-corrected chi connectivity index (χ0v) is 23.0. The number of rotatable bonds is 6. The van der Waals surface area contributed by atoms with Gasteiger partial charge in [-0.1, -0.05) is 42.5 Å². The Kier molecular flexibility index (Phi) is 7.29. The van der Waals surface area contributed by atoms with E-state index in [1.807, 2.05) is 13.8 Å². The molecule has 0 radical (unpaired) electrons. The van der Waals surface area contributed by atoms with Crippen LogP contribution in [0.1, 0.15) is 55.3 Å². The molecule has 2 aliphatic rings. The van der Waals surface area contributed by atoms with E-state index in [2.05, 4.69) is 66.3 Å². The van der Waals surface area contributed by atoms with Crippen LogP contribution >= 0.6 is 0 Å². The lowest BCUT2D eigenvalue weighted by atomic mass is 9.74. The lowest BCUT2D eigenvalue weighted by molar-refractivity contribution is -0.0554. The summed E-state index contributed by atoms with van der Waals surface area (Å²) >= 11 is 0. The van der Waals surface area contributed by atoms with Crippen LogP contribution in [0.4, 0.5) is 0 Å². The second-order valence-electron chi connectivity index (χ2n) is 10.7. The molecular formula is C29H38N4O3S. The number of sulfonamides is 1. The van der Waals surface area contributed by atoms with Gasteiger partial charge in [0.05, 0.1) is 12.8 Å². The monoisotopic (exact) mass is 522 g/mol. The molecule has 3 atom stereocenters. The number of aliphatic hydroxyl groups excluding tert-OH is 1. The number of nitrogens with zero attached hydrogens (tertiary/aromatic N) is 4. The Bertz CT molecular complexity index is 1350. The van der Waals surface area contributed by atoms with Crippen molar-refractivity contribution in [1.29, 1.82) is 0 Å². The molecule has 0 spiro atoms. The van der Waals surface area contributed by atoms with Gasteiger partial charge < -0.3 is 5.11 Å². The molecule has 0 saturated carbocycles. The maximum absolute atomic E-state index is 13.8. The first-order chi connectivity index (χ1) is 17.7.